The Bertz CT molecular complexity index is 358. The normalized spacial score (nSPS) is 12.9. The highest BCUT2D eigenvalue weighted by Gasteiger charge is 2.58. The van der Waals surface area contributed by atoms with Crippen LogP contribution in [0.4, 0.5) is 22.0 Å². The average molecular weight is 256 g/mol. The van der Waals surface area contributed by atoms with Gasteiger partial charge in [-0.3, -0.25) is 0 Å². The molecule has 16 heavy (non-hydrogen) atoms. The van der Waals surface area contributed by atoms with Crippen LogP contribution in [-0.4, -0.2) is 11.9 Å². The molecular weight excluding hydrogens is 247 g/mol. The van der Waals surface area contributed by atoms with E-state index in [1.807, 2.05) is 0 Å². The van der Waals surface area contributed by atoms with Gasteiger partial charge >= 0.3 is 12.1 Å². The Kier molecular flexibility index (Phi) is 3.83. The molecule has 0 spiro atoms. The second kappa shape index (κ2) is 4.61. The Morgan fingerprint density at radius 3 is 2.19 bits per heavy atom. The standard InChI is InChI=1S/C10H9F5S/c11-9(12,10(13,14)15)8-3-1-2-7(6-8)4-5-16/h1-3,6,16H,4-5H2. The van der Waals surface area contributed by atoms with Crippen molar-refractivity contribution in [3.05, 3.63) is 35.4 Å². The number of hydrogen-bond acceptors (Lipinski definition) is 1. The summed E-state index contributed by atoms with van der Waals surface area (Å²) < 4.78 is 62.1. The van der Waals surface area contributed by atoms with Gasteiger partial charge in [0.1, 0.15) is 0 Å². The molecule has 0 heterocycles. The number of aryl methyl sites for hydroxylation is 1. The minimum absolute atomic E-state index is 0.352. The van der Waals surface area contributed by atoms with Crippen molar-refractivity contribution >= 4 is 12.6 Å². The van der Waals surface area contributed by atoms with E-state index in [0.717, 1.165) is 12.1 Å². The summed E-state index contributed by atoms with van der Waals surface area (Å²) in [6.07, 6.45) is -5.21. The molecule has 0 aliphatic carbocycles. The number of benzene rings is 1. The summed E-state index contributed by atoms with van der Waals surface area (Å²) in [6, 6.07) is 4.32. The van der Waals surface area contributed by atoms with E-state index in [0.29, 0.717) is 17.7 Å². The van der Waals surface area contributed by atoms with Crippen LogP contribution in [0.25, 0.3) is 0 Å². The first-order valence-corrected chi connectivity index (χ1v) is 5.07. The van der Waals surface area contributed by atoms with Gasteiger partial charge in [0.2, 0.25) is 0 Å². The van der Waals surface area contributed by atoms with E-state index in [1.165, 1.54) is 12.1 Å². The summed E-state index contributed by atoms with van der Waals surface area (Å²) in [7, 11) is 0. The lowest BCUT2D eigenvalue weighted by Gasteiger charge is -2.20. The third kappa shape index (κ3) is 2.66. The van der Waals surface area contributed by atoms with E-state index in [1.54, 1.807) is 0 Å². The molecule has 0 saturated carbocycles. The molecule has 0 fully saturated rings. The van der Waals surface area contributed by atoms with E-state index < -0.39 is 17.7 Å². The van der Waals surface area contributed by atoms with Gasteiger partial charge in [-0.15, -0.1) is 0 Å². The lowest BCUT2D eigenvalue weighted by molar-refractivity contribution is -0.289. The smallest absolute Gasteiger partial charge is 0.191 e. The molecule has 1 aromatic carbocycles. The summed E-state index contributed by atoms with van der Waals surface area (Å²) in [5.41, 5.74) is -0.615. The fraction of sp³-hybridized carbons (Fsp3) is 0.400. The van der Waals surface area contributed by atoms with Gasteiger partial charge in [0, 0.05) is 5.56 Å². The van der Waals surface area contributed by atoms with Crippen molar-refractivity contribution in [1.29, 1.82) is 0 Å². The number of rotatable bonds is 3. The predicted molar refractivity (Wildman–Crippen MR) is 53.9 cm³/mol. The molecule has 0 atom stereocenters. The molecule has 0 aliphatic heterocycles. The minimum Gasteiger partial charge on any atom is -0.191 e. The first kappa shape index (κ1) is 13.3. The summed E-state index contributed by atoms with van der Waals surface area (Å²) >= 11 is 3.89. The van der Waals surface area contributed by atoms with Crippen LogP contribution in [0.3, 0.4) is 0 Å². The molecule has 0 nitrogen and oxygen atoms in total. The number of hydrogen-bond donors (Lipinski definition) is 1. The van der Waals surface area contributed by atoms with E-state index in [4.69, 9.17) is 0 Å². The van der Waals surface area contributed by atoms with Crippen LogP contribution < -0.4 is 0 Å². The zero-order valence-electron chi connectivity index (χ0n) is 8.06. The highest BCUT2D eigenvalue weighted by atomic mass is 32.1. The van der Waals surface area contributed by atoms with Gasteiger partial charge in [-0.1, -0.05) is 18.2 Å². The van der Waals surface area contributed by atoms with Crippen LogP contribution >= 0.6 is 12.6 Å². The lowest BCUT2D eigenvalue weighted by Crippen LogP contribution is -2.33. The van der Waals surface area contributed by atoms with Crippen molar-refractivity contribution < 1.29 is 22.0 Å². The maximum absolute atomic E-state index is 12.9. The van der Waals surface area contributed by atoms with Crippen molar-refractivity contribution in [3.63, 3.8) is 0 Å². The van der Waals surface area contributed by atoms with Crippen molar-refractivity contribution in [1.82, 2.24) is 0 Å². The molecule has 0 amide bonds. The molecule has 6 heteroatoms. The molecule has 0 aromatic heterocycles. The van der Waals surface area contributed by atoms with Gasteiger partial charge in [-0.05, 0) is 23.8 Å². The maximum Gasteiger partial charge on any atom is 0.458 e. The molecule has 0 radical (unpaired) electrons. The van der Waals surface area contributed by atoms with Gasteiger partial charge in [-0.25, -0.2) is 0 Å². The Morgan fingerprint density at radius 2 is 1.69 bits per heavy atom. The van der Waals surface area contributed by atoms with E-state index >= 15 is 0 Å². The molecular formula is C10H9F5S. The number of thiol groups is 1. The molecule has 0 aliphatic rings. The molecule has 1 aromatic rings. The van der Waals surface area contributed by atoms with Gasteiger partial charge in [0.25, 0.3) is 0 Å². The second-order valence-electron chi connectivity index (χ2n) is 3.25. The van der Waals surface area contributed by atoms with E-state index in [2.05, 4.69) is 12.6 Å². The first-order chi connectivity index (χ1) is 7.29. The van der Waals surface area contributed by atoms with Crippen LogP contribution in [0.15, 0.2) is 24.3 Å². The summed E-state index contributed by atoms with van der Waals surface area (Å²) in [5, 5.41) is 0. The van der Waals surface area contributed by atoms with Crippen LogP contribution in [0.2, 0.25) is 0 Å². The quantitative estimate of drug-likeness (QED) is 0.617. The number of alkyl halides is 5. The fourth-order valence-corrected chi connectivity index (χ4v) is 1.47. The molecule has 0 bridgehead atoms. The molecule has 0 N–H and O–H groups in total. The number of halogens is 5. The summed E-state index contributed by atoms with van der Waals surface area (Å²) in [4.78, 5) is 0. The van der Waals surface area contributed by atoms with Gasteiger partial charge in [0.05, 0.1) is 0 Å². The van der Waals surface area contributed by atoms with E-state index in [-0.39, 0.29) is 0 Å². The van der Waals surface area contributed by atoms with Gasteiger partial charge in [-0.2, -0.15) is 34.6 Å². The molecule has 90 valence electrons. The average Bonchev–Trinajstić information content (AvgIpc) is 2.17. The Labute approximate surface area is 94.9 Å². The monoisotopic (exact) mass is 256 g/mol. The van der Waals surface area contributed by atoms with Crippen molar-refractivity contribution in [2.75, 3.05) is 5.75 Å². The topological polar surface area (TPSA) is 0 Å². The third-order valence-corrected chi connectivity index (χ3v) is 2.27. The molecule has 1 rings (SSSR count). The van der Waals surface area contributed by atoms with Crippen molar-refractivity contribution in [2.24, 2.45) is 0 Å². The SMILES string of the molecule is FC(F)(F)C(F)(F)c1cccc(CCS)c1. The predicted octanol–water partition coefficient (Wildman–Crippen LogP) is 3.81. The fourth-order valence-electron chi connectivity index (χ4n) is 1.21. The largest absolute Gasteiger partial charge is 0.458 e. The Morgan fingerprint density at radius 1 is 1.06 bits per heavy atom. The van der Waals surface area contributed by atoms with Gasteiger partial charge < -0.3 is 0 Å². The second-order valence-corrected chi connectivity index (χ2v) is 3.69. The third-order valence-electron chi connectivity index (χ3n) is 2.05. The van der Waals surface area contributed by atoms with Crippen LogP contribution in [0, 0.1) is 0 Å². The highest BCUT2D eigenvalue weighted by molar-refractivity contribution is 7.80. The summed E-state index contributed by atoms with van der Waals surface area (Å²) in [5.74, 6) is -4.42. The molecule has 0 unspecified atom stereocenters. The minimum atomic E-state index is -5.56. The zero-order valence-corrected chi connectivity index (χ0v) is 8.96. The Balaban J connectivity index is 3.08. The van der Waals surface area contributed by atoms with E-state index in [9.17, 15) is 22.0 Å². The maximum atomic E-state index is 12.9. The zero-order chi connectivity index (χ0) is 12.4. The van der Waals surface area contributed by atoms with Crippen LogP contribution in [-0.2, 0) is 12.3 Å². The van der Waals surface area contributed by atoms with Crippen molar-refractivity contribution in [3.8, 4) is 0 Å². The van der Waals surface area contributed by atoms with Gasteiger partial charge in [0.15, 0.2) is 0 Å². The summed E-state index contributed by atoms with van der Waals surface area (Å²) in [6.45, 7) is 0. The first-order valence-electron chi connectivity index (χ1n) is 4.44. The highest BCUT2D eigenvalue weighted by Crippen LogP contribution is 2.43. The van der Waals surface area contributed by atoms with Crippen LogP contribution in [0.5, 0.6) is 0 Å². The van der Waals surface area contributed by atoms with Crippen molar-refractivity contribution in [2.45, 2.75) is 18.5 Å². The molecule has 0 saturated heterocycles. The Hall–Kier alpha value is -0.780. The van der Waals surface area contributed by atoms with Crippen LogP contribution in [0.1, 0.15) is 11.1 Å². The lowest BCUT2D eigenvalue weighted by atomic mass is 10.0.